The van der Waals surface area contributed by atoms with Crippen LogP contribution in [0.1, 0.15) is 5.56 Å². The number of carbonyl (C=O) groups is 2. The number of methoxy groups -OCH3 is 1. The van der Waals surface area contributed by atoms with Gasteiger partial charge in [0.1, 0.15) is 13.2 Å². The molecule has 0 radical (unpaired) electrons. The third-order valence-electron chi connectivity index (χ3n) is 2.20. The number of carbonyl (C=O) groups excluding carboxylic acids is 2. The summed E-state index contributed by atoms with van der Waals surface area (Å²) in [6, 6.07) is 9.40. The smallest absolute Gasteiger partial charge is 0.407 e. The molecule has 2 amide bonds. The lowest BCUT2D eigenvalue weighted by molar-refractivity contribution is -0.124. The number of ether oxygens (including phenoxy) is 2. The van der Waals surface area contributed by atoms with Gasteiger partial charge in [-0.25, -0.2) is 4.79 Å². The van der Waals surface area contributed by atoms with Crippen molar-refractivity contribution in [2.75, 3.05) is 26.8 Å². The van der Waals surface area contributed by atoms with Crippen molar-refractivity contribution in [2.45, 2.75) is 6.61 Å². The lowest BCUT2D eigenvalue weighted by Crippen LogP contribution is -2.36. The van der Waals surface area contributed by atoms with E-state index >= 15 is 0 Å². The fraction of sp³-hybridized carbons (Fsp3) is 0.385. The summed E-state index contributed by atoms with van der Waals surface area (Å²) in [4.78, 5) is 22.3. The molecule has 1 aromatic rings. The molecule has 0 atom stereocenters. The van der Waals surface area contributed by atoms with Gasteiger partial charge in [0.25, 0.3) is 0 Å². The molecule has 19 heavy (non-hydrogen) atoms. The fourth-order valence-electron chi connectivity index (χ4n) is 1.32. The van der Waals surface area contributed by atoms with Crippen molar-refractivity contribution >= 4 is 12.0 Å². The number of rotatable bonds is 7. The summed E-state index contributed by atoms with van der Waals surface area (Å²) >= 11 is 0. The van der Waals surface area contributed by atoms with Crippen LogP contribution in [0.25, 0.3) is 0 Å². The van der Waals surface area contributed by atoms with Crippen LogP contribution >= 0.6 is 0 Å². The molecule has 0 aliphatic carbocycles. The highest BCUT2D eigenvalue weighted by molar-refractivity contribution is 5.77. The van der Waals surface area contributed by atoms with Crippen LogP contribution in [-0.2, 0) is 20.9 Å². The van der Waals surface area contributed by atoms with Crippen LogP contribution in [0.15, 0.2) is 30.3 Å². The Hall–Kier alpha value is -2.08. The quantitative estimate of drug-likeness (QED) is 0.711. The number of hydrogen-bond donors (Lipinski definition) is 2. The molecule has 0 aliphatic heterocycles. The van der Waals surface area contributed by atoms with Crippen LogP contribution in [0, 0.1) is 0 Å². The molecule has 0 saturated heterocycles. The van der Waals surface area contributed by atoms with Crippen LogP contribution in [0.3, 0.4) is 0 Å². The Kier molecular flexibility index (Phi) is 7.04. The minimum absolute atomic E-state index is 0.0124. The maximum atomic E-state index is 11.3. The first-order chi connectivity index (χ1) is 9.22. The van der Waals surface area contributed by atoms with E-state index in [0.29, 0.717) is 13.1 Å². The van der Waals surface area contributed by atoms with Crippen molar-refractivity contribution in [1.82, 2.24) is 10.6 Å². The van der Waals surface area contributed by atoms with Gasteiger partial charge in [-0.15, -0.1) is 0 Å². The first kappa shape index (κ1) is 15.0. The first-order valence-electron chi connectivity index (χ1n) is 5.92. The maximum absolute atomic E-state index is 11.3. The predicted octanol–water partition coefficient (Wildman–Crippen LogP) is 0.675. The summed E-state index contributed by atoms with van der Waals surface area (Å²) < 4.78 is 9.64. The summed E-state index contributed by atoms with van der Waals surface area (Å²) in [6.45, 7) is 0.882. The summed E-state index contributed by atoms with van der Waals surface area (Å²) in [7, 11) is 1.44. The molecular formula is C13H18N2O4. The van der Waals surface area contributed by atoms with Gasteiger partial charge in [-0.05, 0) is 5.56 Å². The van der Waals surface area contributed by atoms with E-state index in [0.717, 1.165) is 5.56 Å². The van der Waals surface area contributed by atoms with E-state index in [4.69, 9.17) is 4.74 Å². The van der Waals surface area contributed by atoms with E-state index in [2.05, 4.69) is 15.4 Å². The monoisotopic (exact) mass is 266 g/mol. The predicted molar refractivity (Wildman–Crippen MR) is 69.5 cm³/mol. The molecule has 0 heterocycles. The first-order valence-corrected chi connectivity index (χ1v) is 5.92. The van der Waals surface area contributed by atoms with E-state index in [1.54, 1.807) is 0 Å². The molecule has 0 saturated carbocycles. The molecule has 6 heteroatoms. The van der Waals surface area contributed by atoms with Crippen molar-refractivity contribution in [3.63, 3.8) is 0 Å². The molecule has 0 aromatic heterocycles. The average Bonchev–Trinajstić information content (AvgIpc) is 2.43. The molecule has 104 valence electrons. The van der Waals surface area contributed by atoms with E-state index in [1.807, 2.05) is 30.3 Å². The van der Waals surface area contributed by atoms with Gasteiger partial charge in [-0.1, -0.05) is 30.3 Å². The Morgan fingerprint density at radius 3 is 2.47 bits per heavy atom. The molecule has 1 rings (SSSR count). The maximum Gasteiger partial charge on any atom is 0.407 e. The van der Waals surface area contributed by atoms with Gasteiger partial charge in [0.2, 0.25) is 5.91 Å². The highest BCUT2D eigenvalue weighted by Crippen LogP contribution is 2.00. The molecule has 0 bridgehead atoms. The van der Waals surface area contributed by atoms with E-state index in [1.165, 1.54) is 7.11 Å². The van der Waals surface area contributed by atoms with Crippen LogP contribution in [0.2, 0.25) is 0 Å². The van der Waals surface area contributed by atoms with Gasteiger partial charge < -0.3 is 20.1 Å². The largest absolute Gasteiger partial charge is 0.445 e. The molecule has 0 fully saturated rings. The van der Waals surface area contributed by atoms with E-state index < -0.39 is 6.09 Å². The molecule has 0 aliphatic rings. The summed E-state index contributed by atoms with van der Waals surface area (Å²) in [5, 5.41) is 5.11. The average molecular weight is 266 g/mol. The van der Waals surface area contributed by atoms with Crippen LogP contribution in [0.5, 0.6) is 0 Å². The lowest BCUT2D eigenvalue weighted by Gasteiger charge is -2.08. The summed E-state index contributed by atoms with van der Waals surface area (Å²) in [5.74, 6) is -0.220. The Balaban J connectivity index is 2.07. The summed E-state index contributed by atoms with van der Waals surface area (Å²) in [5.41, 5.74) is 0.922. The third kappa shape index (κ3) is 7.05. The molecule has 0 spiro atoms. The molecular weight excluding hydrogens is 248 g/mol. The van der Waals surface area contributed by atoms with E-state index in [-0.39, 0.29) is 19.1 Å². The minimum atomic E-state index is -0.509. The normalized spacial score (nSPS) is 9.74. The van der Waals surface area contributed by atoms with Crippen LogP contribution < -0.4 is 10.6 Å². The molecule has 0 unspecified atom stereocenters. The van der Waals surface area contributed by atoms with Crippen molar-refractivity contribution in [3.05, 3.63) is 35.9 Å². The van der Waals surface area contributed by atoms with Gasteiger partial charge in [0.15, 0.2) is 0 Å². The zero-order chi connectivity index (χ0) is 13.9. The van der Waals surface area contributed by atoms with Crippen molar-refractivity contribution in [1.29, 1.82) is 0 Å². The van der Waals surface area contributed by atoms with Crippen molar-refractivity contribution in [2.24, 2.45) is 0 Å². The number of benzene rings is 1. The van der Waals surface area contributed by atoms with Gasteiger partial charge in [-0.2, -0.15) is 0 Å². The number of nitrogens with one attached hydrogen (secondary N) is 2. The van der Waals surface area contributed by atoms with E-state index in [9.17, 15) is 9.59 Å². The SMILES string of the molecule is COCC(=O)NCCNC(=O)OCc1ccccc1. The van der Waals surface area contributed by atoms with Crippen molar-refractivity contribution < 1.29 is 19.1 Å². The van der Waals surface area contributed by atoms with Crippen molar-refractivity contribution in [3.8, 4) is 0 Å². The fourth-order valence-corrected chi connectivity index (χ4v) is 1.32. The highest BCUT2D eigenvalue weighted by Gasteiger charge is 2.02. The van der Waals surface area contributed by atoms with Crippen LogP contribution in [-0.4, -0.2) is 38.8 Å². The second-order valence-corrected chi connectivity index (χ2v) is 3.77. The third-order valence-corrected chi connectivity index (χ3v) is 2.20. The van der Waals surface area contributed by atoms with Gasteiger partial charge >= 0.3 is 6.09 Å². The van der Waals surface area contributed by atoms with Gasteiger partial charge in [0.05, 0.1) is 0 Å². The van der Waals surface area contributed by atoms with Gasteiger partial charge in [0, 0.05) is 20.2 Å². The lowest BCUT2D eigenvalue weighted by atomic mass is 10.2. The van der Waals surface area contributed by atoms with Crippen LogP contribution in [0.4, 0.5) is 4.79 Å². The standard InChI is InChI=1S/C13H18N2O4/c1-18-10-12(16)14-7-8-15-13(17)19-9-11-5-3-2-4-6-11/h2-6H,7-10H2,1H3,(H,14,16)(H,15,17). The Morgan fingerprint density at radius 2 is 1.79 bits per heavy atom. The zero-order valence-corrected chi connectivity index (χ0v) is 10.8. The molecule has 1 aromatic carbocycles. The number of alkyl carbamates (subject to hydrolysis) is 1. The zero-order valence-electron chi connectivity index (χ0n) is 10.8. The van der Waals surface area contributed by atoms with Gasteiger partial charge in [-0.3, -0.25) is 4.79 Å². The minimum Gasteiger partial charge on any atom is -0.445 e. The number of hydrogen-bond acceptors (Lipinski definition) is 4. The topological polar surface area (TPSA) is 76.7 Å². The second kappa shape index (κ2) is 8.93. The molecule has 2 N–H and O–H groups in total. The number of amides is 2. The highest BCUT2D eigenvalue weighted by atomic mass is 16.5. The Morgan fingerprint density at radius 1 is 1.11 bits per heavy atom. The Bertz CT molecular complexity index is 395. The Labute approximate surface area is 112 Å². The second-order valence-electron chi connectivity index (χ2n) is 3.77. The summed E-state index contributed by atoms with van der Waals surface area (Å²) in [6.07, 6.45) is -0.509. The molecule has 6 nitrogen and oxygen atoms in total.